The van der Waals surface area contributed by atoms with Crippen molar-refractivity contribution in [3.63, 3.8) is 0 Å². The average Bonchev–Trinajstić information content (AvgIpc) is 1.98. The highest BCUT2D eigenvalue weighted by molar-refractivity contribution is 7.86. The van der Waals surface area contributed by atoms with Crippen molar-refractivity contribution in [3.8, 4) is 0 Å². The van der Waals surface area contributed by atoms with Crippen LogP contribution in [0, 0.1) is 0 Å². The molecule has 0 bridgehead atoms. The number of aliphatic hydroxyl groups excluding tert-OH is 1. The van der Waals surface area contributed by atoms with Crippen molar-refractivity contribution in [1.29, 1.82) is 0 Å². The van der Waals surface area contributed by atoms with Crippen LogP contribution in [0.1, 0.15) is 19.8 Å². The molecule has 0 aliphatic rings. The molecule has 0 aromatic carbocycles. The molecule has 1 unspecified atom stereocenters. The molecule has 0 radical (unpaired) electrons. The average molecular weight is 197 g/mol. The lowest BCUT2D eigenvalue weighted by atomic mass is 10.2. The summed E-state index contributed by atoms with van der Waals surface area (Å²) in [4.78, 5) is 0. The van der Waals surface area contributed by atoms with Crippen LogP contribution in [0.2, 0.25) is 0 Å². The molecule has 0 rings (SSSR count). The van der Waals surface area contributed by atoms with E-state index in [2.05, 4.69) is 4.18 Å². The van der Waals surface area contributed by atoms with Gasteiger partial charge >= 0.3 is 0 Å². The summed E-state index contributed by atoms with van der Waals surface area (Å²) >= 11 is 0. The van der Waals surface area contributed by atoms with E-state index in [9.17, 15) is 8.42 Å². The van der Waals surface area contributed by atoms with Crippen LogP contribution in [-0.4, -0.2) is 32.1 Å². The maximum Gasteiger partial charge on any atom is 0.291 e. The molecule has 5 nitrogen and oxygen atoms in total. The Morgan fingerprint density at radius 1 is 1.58 bits per heavy atom. The molecule has 74 valence electrons. The van der Waals surface area contributed by atoms with E-state index < -0.39 is 16.1 Å². The number of hydrogen-bond donors (Lipinski definition) is 2. The van der Waals surface area contributed by atoms with Crippen LogP contribution in [-0.2, 0) is 14.3 Å². The molecule has 1 atom stereocenters. The summed E-state index contributed by atoms with van der Waals surface area (Å²) in [7, 11) is -3.70. The number of aliphatic hydroxyl groups is 1. The second-order valence-electron chi connectivity index (χ2n) is 2.63. The number of rotatable bonds is 6. The van der Waals surface area contributed by atoms with Crippen LogP contribution in [0.5, 0.6) is 0 Å². The fraction of sp³-hybridized carbons (Fsp3) is 1.00. The molecule has 0 heterocycles. The van der Waals surface area contributed by atoms with Gasteiger partial charge < -0.3 is 10.8 Å². The van der Waals surface area contributed by atoms with Crippen molar-refractivity contribution in [2.24, 2.45) is 5.73 Å². The third kappa shape index (κ3) is 6.53. The largest absolute Gasteiger partial charge is 0.378 e. The van der Waals surface area contributed by atoms with E-state index in [4.69, 9.17) is 10.8 Å². The van der Waals surface area contributed by atoms with Crippen molar-refractivity contribution in [2.75, 3.05) is 12.5 Å². The topological polar surface area (TPSA) is 89.6 Å². The minimum Gasteiger partial charge on any atom is -0.378 e. The predicted molar refractivity (Wildman–Crippen MR) is 44.8 cm³/mol. The number of hydrogen-bond acceptors (Lipinski definition) is 5. The first kappa shape index (κ1) is 11.8. The first-order chi connectivity index (χ1) is 5.48. The van der Waals surface area contributed by atoms with Gasteiger partial charge in [0.2, 0.25) is 0 Å². The van der Waals surface area contributed by atoms with Crippen molar-refractivity contribution < 1.29 is 17.7 Å². The zero-order chi connectivity index (χ0) is 9.61. The molecule has 0 aliphatic carbocycles. The molecule has 0 aromatic heterocycles. The Bertz CT molecular complexity index is 200. The van der Waals surface area contributed by atoms with Crippen molar-refractivity contribution in [3.05, 3.63) is 0 Å². The standard InChI is InChI=1S/C6H15NO4S/c1-6(7)3-2-4-11-12(9,10)5-8/h6,8H,2-5,7H2,1H3. The second-order valence-corrected chi connectivity index (χ2v) is 4.24. The molecule has 12 heavy (non-hydrogen) atoms. The molecule has 3 N–H and O–H groups in total. The van der Waals surface area contributed by atoms with Gasteiger partial charge in [0, 0.05) is 6.04 Å². The van der Waals surface area contributed by atoms with Gasteiger partial charge in [-0.05, 0) is 19.8 Å². The summed E-state index contributed by atoms with van der Waals surface area (Å²) < 4.78 is 25.5. The summed E-state index contributed by atoms with van der Waals surface area (Å²) in [5.74, 6) is -0.967. The Balaban J connectivity index is 3.45. The summed E-state index contributed by atoms with van der Waals surface area (Å²) in [5, 5.41) is 8.26. The smallest absolute Gasteiger partial charge is 0.291 e. The maximum absolute atomic E-state index is 10.5. The van der Waals surface area contributed by atoms with Gasteiger partial charge in [0.05, 0.1) is 6.61 Å². The molecule has 0 spiro atoms. The Morgan fingerprint density at radius 3 is 2.58 bits per heavy atom. The van der Waals surface area contributed by atoms with Gasteiger partial charge in [0.15, 0.2) is 5.94 Å². The fourth-order valence-electron chi connectivity index (χ4n) is 0.628. The highest BCUT2D eigenvalue weighted by atomic mass is 32.2. The van der Waals surface area contributed by atoms with Crippen LogP contribution in [0.3, 0.4) is 0 Å². The summed E-state index contributed by atoms with van der Waals surface area (Å²) in [6, 6.07) is 0.0467. The Kier molecular flexibility index (Phi) is 5.39. The molecule has 0 aliphatic heterocycles. The summed E-state index contributed by atoms with van der Waals surface area (Å²) in [6.07, 6.45) is 1.29. The molecular formula is C6H15NO4S. The van der Waals surface area contributed by atoms with Crippen molar-refractivity contribution in [2.45, 2.75) is 25.8 Å². The third-order valence-corrected chi connectivity index (χ3v) is 2.07. The minimum atomic E-state index is -3.70. The van der Waals surface area contributed by atoms with Gasteiger partial charge in [-0.1, -0.05) is 0 Å². The Hall–Kier alpha value is -0.170. The van der Waals surface area contributed by atoms with E-state index in [0.29, 0.717) is 12.8 Å². The zero-order valence-corrected chi connectivity index (χ0v) is 7.88. The van der Waals surface area contributed by atoms with Gasteiger partial charge in [-0.2, -0.15) is 8.42 Å². The minimum absolute atomic E-state index is 0.0467. The van der Waals surface area contributed by atoms with E-state index in [0.717, 1.165) is 0 Å². The zero-order valence-electron chi connectivity index (χ0n) is 7.06. The monoisotopic (exact) mass is 197 g/mol. The molecule has 0 aromatic rings. The lowest BCUT2D eigenvalue weighted by Crippen LogP contribution is -2.16. The van der Waals surface area contributed by atoms with Gasteiger partial charge in [0.1, 0.15) is 0 Å². The molecular weight excluding hydrogens is 182 g/mol. The van der Waals surface area contributed by atoms with Gasteiger partial charge in [-0.25, -0.2) is 0 Å². The lowest BCUT2D eigenvalue weighted by molar-refractivity contribution is 0.271. The molecule has 0 amide bonds. The van der Waals surface area contributed by atoms with E-state index >= 15 is 0 Å². The van der Waals surface area contributed by atoms with Gasteiger partial charge in [-0.15, -0.1) is 0 Å². The van der Waals surface area contributed by atoms with E-state index in [1.807, 2.05) is 6.92 Å². The van der Waals surface area contributed by atoms with E-state index in [1.54, 1.807) is 0 Å². The second kappa shape index (κ2) is 5.47. The SMILES string of the molecule is CC(N)CCCOS(=O)(=O)CO. The summed E-state index contributed by atoms with van der Waals surface area (Å²) in [6.45, 7) is 1.92. The van der Waals surface area contributed by atoms with E-state index in [-0.39, 0.29) is 12.6 Å². The van der Waals surface area contributed by atoms with Crippen LogP contribution < -0.4 is 5.73 Å². The third-order valence-electron chi connectivity index (χ3n) is 1.22. The first-order valence-corrected chi connectivity index (χ1v) is 5.29. The van der Waals surface area contributed by atoms with Crippen molar-refractivity contribution >= 4 is 10.1 Å². The Labute approximate surface area is 72.6 Å². The normalized spacial score (nSPS) is 14.6. The van der Waals surface area contributed by atoms with Crippen LogP contribution in [0.25, 0.3) is 0 Å². The van der Waals surface area contributed by atoms with Gasteiger partial charge in [-0.3, -0.25) is 4.18 Å². The van der Waals surface area contributed by atoms with Crippen LogP contribution in [0.15, 0.2) is 0 Å². The summed E-state index contributed by atoms with van der Waals surface area (Å²) in [5.41, 5.74) is 5.42. The highest BCUT2D eigenvalue weighted by Gasteiger charge is 2.07. The molecule has 0 saturated carbocycles. The lowest BCUT2D eigenvalue weighted by Gasteiger charge is -2.04. The molecule has 6 heteroatoms. The number of nitrogens with two attached hydrogens (primary N) is 1. The maximum atomic E-state index is 10.5. The van der Waals surface area contributed by atoms with Crippen LogP contribution >= 0.6 is 0 Å². The molecule has 0 fully saturated rings. The Morgan fingerprint density at radius 2 is 2.17 bits per heavy atom. The van der Waals surface area contributed by atoms with Crippen LogP contribution in [0.4, 0.5) is 0 Å². The fourth-order valence-corrected chi connectivity index (χ4v) is 1.07. The first-order valence-electron chi connectivity index (χ1n) is 3.71. The van der Waals surface area contributed by atoms with E-state index in [1.165, 1.54) is 0 Å². The van der Waals surface area contributed by atoms with Gasteiger partial charge in [0.25, 0.3) is 10.1 Å². The van der Waals surface area contributed by atoms with Crippen molar-refractivity contribution in [1.82, 2.24) is 0 Å². The predicted octanol–water partition coefficient (Wildman–Crippen LogP) is -0.590. The highest BCUT2D eigenvalue weighted by Crippen LogP contribution is 1.97. The molecule has 0 saturated heterocycles. The quantitative estimate of drug-likeness (QED) is 0.439.